The molecular weight excluding hydrogens is 320 g/mol. The molecule has 1 aliphatic rings. The van der Waals surface area contributed by atoms with Crippen molar-refractivity contribution < 1.29 is 14.1 Å². The average molecular weight is 342 g/mol. The van der Waals surface area contributed by atoms with Crippen LogP contribution in [0.15, 0.2) is 34.9 Å². The second-order valence-electron chi connectivity index (χ2n) is 6.21. The molecule has 7 nitrogen and oxygen atoms in total. The molecule has 132 valence electrons. The van der Waals surface area contributed by atoms with Crippen molar-refractivity contribution in [1.29, 1.82) is 0 Å². The molecule has 0 spiro atoms. The Kier molecular flexibility index (Phi) is 5.02. The Hall–Kier alpha value is -2.83. The lowest BCUT2D eigenvalue weighted by Crippen LogP contribution is -2.42. The first-order valence-corrected chi connectivity index (χ1v) is 8.45. The van der Waals surface area contributed by atoms with Crippen molar-refractivity contribution in [1.82, 2.24) is 10.1 Å². The molecule has 7 heteroatoms. The summed E-state index contributed by atoms with van der Waals surface area (Å²) in [6.07, 6.45) is 2.78. The van der Waals surface area contributed by atoms with E-state index in [1.807, 2.05) is 24.3 Å². The number of carbonyl (C=O) groups excluding carboxylic acids is 2. The summed E-state index contributed by atoms with van der Waals surface area (Å²) < 4.78 is 4.92. The maximum Gasteiger partial charge on any atom is 0.322 e. The first-order valence-electron chi connectivity index (χ1n) is 8.45. The SMILES string of the molecule is CCc1ccc(NC(=O)N(CC(=O)Nc2cc(C)on2)C2CC2)cc1. The number of urea groups is 1. The molecule has 2 aromatic rings. The molecular formula is C18H22N4O3. The molecule has 2 N–H and O–H groups in total. The van der Waals surface area contributed by atoms with E-state index in [1.165, 1.54) is 5.56 Å². The van der Waals surface area contributed by atoms with Gasteiger partial charge in [-0.25, -0.2) is 4.79 Å². The van der Waals surface area contributed by atoms with Crippen LogP contribution in [0.25, 0.3) is 0 Å². The lowest BCUT2D eigenvalue weighted by Gasteiger charge is -2.22. The number of nitrogens with zero attached hydrogens (tertiary/aromatic N) is 2. The van der Waals surface area contributed by atoms with Gasteiger partial charge >= 0.3 is 6.03 Å². The number of amides is 3. The van der Waals surface area contributed by atoms with Crippen LogP contribution in [-0.4, -0.2) is 34.6 Å². The molecule has 1 heterocycles. The van der Waals surface area contributed by atoms with Gasteiger partial charge in [-0.2, -0.15) is 0 Å². The Balaban J connectivity index is 1.59. The quantitative estimate of drug-likeness (QED) is 0.844. The van der Waals surface area contributed by atoms with Gasteiger partial charge < -0.3 is 20.1 Å². The van der Waals surface area contributed by atoms with Gasteiger partial charge in [-0.05, 0) is 43.9 Å². The lowest BCUT2D eigenvalue weighted by molar-refractivity contribution is -0.116. The molecule has 0 unspecified atom stereocenters. The summed E-state index contributed by atoms with van der Waals surface area (Å²) in [5.41, 5.74) is 1.93. The largest absolute Gasteiger partial charge is 0.360 e. The fourth-order valence-electron chi connectivity index (χ4n) is 2.53. The molecule has 1 aromatic carbocycles. The molecule has 25 heavy (non-hydrogen) atoms. The third-order valence-electron chi connectivity index (χ3n) is 4.07. The number of aromatic nitrogens is 1. The van der Waals surface area contributed by atoms with Crippen LogP contribution < -0.4 is 10.6 Å². The first kappa shape index (κ1) is 17.0. The van der Waals surface area contributed by atoms with Crippen LogP contribution in [0.2, 0.25) is 0 Å². The third-order valence-corrected chi connectivity index (χ3v) is 4.07. The van der Waals surface area contributed by atoms with Crippen molar-refractivity contribution in [3.05, 3.63) is 41.7 Å². The van der Waals surface area contributed by atoms with E-state index in [4.69, 9.17) is 4.52 Å². The van der Waals surface area contributed by atoms with E-state index in [0.717, 1.165) is 24.9 Å². The number of aryl methyl sites for hydroxylation is 2. The van der Waals surface area contributed by atoms with E-state index >= 15 is 0 Å². The number of hydrogen-bond acceptors (Lipinski definition) is 4. The third kappa shape index (κ3) is 4.59. The lowest BCUT2D eigenvalue weighted by atomic mass is 10.1. The minimum Gasteiger partial charge on any atom is -0.360 e. The van der Waals surface area contributed by atoms with Gasteiger partial charge in [-0.3, -0.25) is 4.79 Å². The molecule has 1 aliphatic carbocycles. The summed E-state index contributed by atoms with van der Waals surface area (Å²) in [7, 11) is 0. The van der Waals surface area contributed by atoms with E-state index in [9.17, 15) is 9.59 Å². The molecule has 3 rings (SSSR count). The fourth-order valence-corrected chi connectivity index (χ4v) is 2.53. The first-order chi connectivity index (χ1) is 12.0. The topological polar surface area (TPSA) is 87.5 Å². The van der Waals surface area contributed by atoms with Crippen LogP contribution in [0.1, 0.15) is 31.1 Å². The minimum absolute atomic E-state index is 0.0184. The zero-order valence-corrected chi connectivity index (χ0v) is 14.4. The van der Waals surface area contributed by atoms with E-state index < -0.39 is 0 Å². The monoisotopic (exact) mass is 342 g/mol. The summed E-state index contributed by atoms with van der Waals surface area (Å²) in [6, 6.07) is 9.19. The molecule has 0 aliphatic heterocycles. The van der Waals surface area contributed by atoms with E-state index in [1.54, 1.807) is 17.9 Å². The van der Waals surface area contributed by atoms with Gasteiger partial charge in [0, 0.05) is 17.8 Å². The van der Waals surface area contributed by atoms with Crippen LogP contribution in [0.5, 0.6) is 0 Å². The highest BCUT2D eigenvalue weighted by molar-refractivity contribution is 5.96. The Bertz CT molecular complexity index is 750. The number of rotatable bonds is 6. The standard InChI is InChI=1S/C18H22N4O3/c1-3-13-4-6-14(7-5-13)19-18(24)22(15-8-9-15)11-17(23)20-16-10-12(2)25-21-16/h4-7,10,15H,3,8-9,11H2,1-2H3,(H,19,24)(H,20,21,23). The predicted molar refractivity (Wildman–Crippen MR) is 94.4 cm³/mol. The van der Waals surface area contributed by atoms with Crippen molar-refractivity contribution in [3.63, 3.8) is 0 Å². The highest BCUT2D eigenvalue weighted by Gasteiger charge is 2.34. The Morgan fingerprint density at radius 1 is 1.24 bits per heavy atom. The van der Waals surface area contributed by atoms with Crippen molar-refractivity contribution >= 4 is 23.4 Å². The highest BCUT2D eigenvalue weighted by atomic mass is 16.5. The number of carbonyl (C=O) groups is 2. The molecule has 0 radical (unpaired) electrons. The van der Waals surface area contributed by atoms with Crippen molar-refractivity contribution in [2.24, 2.45) is 0 Å². The van der Waals surface area contributed by atoms with Gasteiger partial charge in [-0.1, -0.05) is 24.2 Å². The second kappa shape index (κ2) is 7.38. The fraction of sp³-hybridized carbons (Fsp3) is 0.389. The van der Waals surface area contributed by atoms with Gasteiger partial charge in [0.1, 0.15) is 12.3 Å². The number of benzene rings is 1. The molecule has 0 atom stereocenters. The van der Waals surface area contributed by atoms with Crippen molar-refractivity contribution in [2.45, 2.75) is 39.2 Å². The molecule has 0 saturated heterocycles. The van der Waals surface area contributed by atoms with E-state index in [2.05, 4.69) is 22.7 Å². The maximum absolute atomic E-state index is 12.5. The second-order valence-corrected chi connectivity index (χ2v) is 6.21. The number of nitrogens with one attached hydrogen (secondary N) is 2. The Morgan fingerprint density at radius 2 is 1.96 bits per heavy atom. The van der Waals surface area contributed by atoms with Crippen molar-refractivity contribution in [3.8, 4) is 0 Å². The average Bonchev–Trinajstić information content (AvgIpc) is 3.36. The predicted octanol–water partition coefficient (Wildman–Crippen LogP) is 3.18. The van der Waals surface area contributed by atoms with Crippen LogP contribution in [-0.2, 0) is 11.2 Å². The Morgan fingerprint density at radius 3 is 2.52 bits per heavy atom. The van der Waals surface area contributed by atoms with E-state index in [-0.39, 0.29) is 24.5 Å². The van der Waals surface area contributed by atoms with Crippen LogP contribution in [0.3, 0.4) is 0 Å². The zero-order chi connectivity index (χ0) is 17.8. The van der Waals surface area contributed by atoms with Gasteiger partial charge in [0.2, 0.25) is 5.91 Å². The molecule has 1 saturated carbocycles. The minimum atomic E-state index is -0.295. The maximum atomic E-state index is 12.5. The summed E-state index contributed by atoms with van der Waals surface area (Å²) in [4.78, 5) is 26.3. The van der Waals surface area contributed by atoms with Crippen LogP contribution in [0.4, 0.5) is 16.3 Å². The van der Waals surface area contributed by atoms with Gasteiger partial charge in [0.05, 0.1) is 0 Å². The number of hydrogen-bond donors (Lipinski definition) is 2. The molecule has 0 bridgehead atoms. The summed E-state index contributed by atoms with van der Waals surface area (Å²) in [6.45, 7) is 3.81. The zero-order valence-electron chi connectivity index (χ0n) is 14.4. The Labute approximate surface area is 146 Å². The molecule has 1 fully saturated rings. The van der Waals surface area contributed by atoms with Crippen LogP contribution in [0, 0.1) is 6.92 Å². The smallest absolute Gasteiger partial charge is 0.322 e. The normalized spacial score (nSPS) is 13.4. The van der Waals surface area contributed by atoms with Crippen LogP contribution >= 0.6 is 0 Å². The van der Waals surface area contributed by atoms with E-state index in [0.29, 0.717) is 11.6 Å². The number of anilines is 2. The summed E-state index contributed by atoms with van der Waals surface area (Å²) in [5.74, 6) is 0.674. The molecule has 3 amide bonds. The highest BCUT2D eigenvalue weighted by Crippen LogP contribution is 2.27. The summed E-state index contributed by atoms with van der Waals surface area (Å²) >= 11 is 0. The van der Waals surface area contributed by atoms with Gasteiger partial charge in [-0.15, -0.1) is 0 Å². The molecule has 1 aromatic heterocycles. The summed E-state index contributed by atoms with van der Waals surface area (Å²) in [5, 5.41) is 9.23. The van der Waals surface area contributed by atoms with Gasteiger partial charge in [0.25, 0.3) is 0 Å². The van der Waals surface area contributed by atoms with Gasteiger partial charge in [0.15, 0.2) is 5.82 Å². The van der Waals surface area contributed by atoms with Crippen molar-refractivity contribution in [2.75, 3.05) is 17.2 Å².